The molecule has 3 rings (SSSR count). The van der Waals surface area contributed by atoms with E-state index in [2.05, 4.69) is 15.5 Å². The Hall–Kier alpha value is -2.06. The van der Waals surface area contributed by atoms with Crippen molar-refractivity contribution < 1.29 is 14.3 Å². The second-order valence-corrected chi connectivity index (χ2v) is 6.73. The van der Waals surface area contributed by atoms with E-state index in [-0.39, 0.29) is 12.0 Å². The number of methoxy groups -OCH3 is 1. The number of hydrogen-bond acceptors (Lipinski definition) is 6. The zero-order valence-corrected chi connectivity index (χ0v) is 15.2. The smallest absolute Gasteiger partial charge is 0.230 e. The Kier molecular flexibility index (Phi) is 5.93. The highest BCUT2D eigenvalue weighted by atomic mass is 32.2. The van der Waals surface area contributed by atoms with Crippen LogP contribution in [0.3, 0.4) is 0 Å². The molecule has 1 N–H and O–H groups in total. The maximum absolute atomic E-state index is 12.0. The number of ether oxygens (including phenoxy) is 2. The highest BCUT2D eigenvalue weighted by Crippen LogP contribution is 2.23. The summed E-state index contributed by atoms with van der Waals surface area (Å²) in [5.74, 6) is 1.83. The van der Waals surface area contributed by atoms with Gasteiger partial charge in [0.15, 0.2) is 5.16 Å². The number of amides is 1. The van der Waals surface area contributed by atoms with Crippen molar-refractivity contribution in [1.82, 2.24) is 20.1 Å². The molecule has 25 heavy (non-hydrogen) atoms. The molecule has 1 fully saturated rings. The number of hydrogen-bond donors (Lipinski definition) is 1. The summed E-state index contributed by atoms with van der Waals surface area (Å²) in [6, 6.07) is 7.66. The average Bonchev–Trinajstić information content (AvgIpc) is 3.28. The van der Waals surface area contributed by atoms with E-state index in [9.17, 15) is 4.79 Å². The minimum absolute atomic E-state index is 0.0255. The molecular weight excluding hydrogens is 340 g/mol. The molecule has 1 aliphatic heterocycles. The van der Waals surface area contributed by atoms with Crippen LogP contribution >= 0.6 is 11.8 Å². The van der Waals surface area contributed by atoms with Crippen molar-refractivity contribution in [2.75, 3.05) is 26.0 Å². The van der Waals surface area contributed by atoms with Gasteiger partial charge in [0.2, 0.25) is 5.91 Å². The number of carbonyl (C=O) groups excluding carboxylic acids is 1. The van der Waals surface area contributed by atoms with Gasteiger partial charge in [0.1, 0.15) is 11.6 Å². The number of rotatable bonds is 7. The van der Waals surface area contributed by atoms with Crippen LogP contribution in [0.4, 0.5) is 0 Å². The van der Waals surface area contributed by atoms with Crippen LogP contribution in [-0.4, -0.2) is 52.8 Å². The lowest BCUT2D eigenvalue weighted by atomic mass is 10.2. The molecule has 1 atom stereocenters. The van der Waals surface area contributed by atoms with Crippen LogP contribution in [0.15, 0.2) is 29.4 Å². The minimum atomic E-state index is -0.0255. The number of nitrogens with zero attached hydrogens (tertiary/aromatic N) is 3. The van der Waals surface area contributed by atoms with Gasteiger partial charge in [-0.2, -0.15) is 0 Å². The zero-order valence-electron chi connectivity index (χ0n) is 14.4. The lowest BCUT2D eigenvalue weighted by molar-refractivity contribution is -0.119. The Morgan fingerprint density at radius 3 is 2.88 bits per heavy atom. The molecule has 0 saturated carbocycles. The number of benzene rings is 1. The Morgan fingerprint density at radius 1 is 1.40 bits per heavy atom. The van der Waals surface area contributed by atoms with Gasteiger partial charge in [-0.15, -0.1) is 10.2 Å². The number of carbonyl (C=O) groups is 1. The molecule has 1 saturated heterocycles. The van der Waals surface area contributed by atoms with Gasteiger partial charge in [-0.3, -0.25) is 9.36 Å². The molecule has 0 spiro atoms. The van der Waals surface area contributed by atoms with E-state index in [1.807, 2.05) is 35.8 Å². The summed E-state index contributed by atoms with van der Waals surface area (Å²) >= 11 is 1.37. The number of aryl methyl sites for hydroxylation is 1. The van der Waals surface area contributed by atoms with E-state index < -0.39 is 0 Å². The third-order valence-corrected chi connectivity index (χ3v) is 4.94. The molecule has 1 amide bonds. The van der Waals surface area contributed by atoms with Gasteiger partial charge in [0.05, 0.1) is 19.0 Å². The van der Waals surface area contributed by atoms with Crippen LogP contribution in [0.25, 0.3) is 5.69 Å². The van der Waals surface area contributed by atoms with Gasteiger partial charge in [0.25, 0.3) is 0 Å². The van der Waals surface area contributed by atoms with E-state index >= 15 is 0 Å². The molecule has 8 heteroatoms. The molecule has 2 aromatic rings. The molecule has 0 bridgehead atoms. The topological polar surface area (TPSA) is 78.3 Å². The van der Waals surface area contributed by atoms with Crippen molar-refractivity contribution >= 4 is 17.7 Å². The molecule has 1 aromatic heterocycles. The highest BCUT2D eigenvalue weighted by Gasteiger charge is 2.17. The predicted octanol–water partition coefficient (Wildman–Crippen LogP) is 1.97. The van der Waals surface area contributed by atoms with E-state index in [0.717, 1.165) is 36.7 Å². The van der Waals surface area contributed by atoms with E-state index in [0.29, 0.717) is 17.5 Å². The van der Waals surface area contributed by atoms with Gasteiger partial charge in [-0.1, -0.05) is 11.8 Å². The molecule has 0 aliphatic carbocycles. The molecule has 0 unspecified atom stereocenters. The highest BCUT2D eigenvalue weighted by molar-refractivity contribution is 7.99. The first-order valence-electron chi connectivity index (χ1n) is 8.25. The van der Waals surface area contributed by atoms with Crippen molar-refractivity contribution in [2.45, 2.75) is 31.0 Å². The van der Waals surface area contributed by atoms with Crippen molar-refractivity contribution in [3.05, 3.63) is 30.1 Å². The molecule has 1 aliphatic rings. The first kappa shape index (κ1) is 17.8. The van der Waals surface area contributed by atoms with E-state index in [4.69, 9.17) is 9.47 Å². The summed E-state index contributed by atoms with van der Waals surface area (Å²) in [4.78, 5) is 12.0. The molecule has 1 aromatic carbocycles. The van der Waals surface area contributed by atoms with Gasteiger partial charge in [0, 0.05) is 18.8 Å². The third-order valence-electron chi connectivity index (χ3n) is 4.01. The van der Waals surface area contributed by atoms with Crippen molar-refractivity contribution in [3.63, 3.8) is 0 Å². The molecule has 2 heterocycles. The maximum Gasteiger partial charge on any atom is 0.230 e. The first-order valence-corrected chi connectivity index (χ1v) is 9.23. The Bertz CT molecular complexity index is 711. The fraction of sp³-hybridized carbons (Fsp3) is 0.471. The van der Waals surface area contributed by atoms with E-state index in [1.54, 1.807) is 7.11 Å². The van der Waals surface area contributed by atoms with Crippen LogP contribution in [0, 0.1) is 6.92 Å². The van der Waals surface area contributed by atoms with Gasteiger partial charge >= 0.3 is 0 Å². The molecule has 7 nitrogen and oxygen atoms in total. The van der Waals surface area contributed by atoms with Crippen molar-refractivity contribution in [2.24, 2.45) is 0 Å². The van der Waals surface area contributed by atoms with Crippen LogP contribution in [0.5, 0.6) is 5.75 Å². The molecule has 0 radical (unpaired) electrons. The second kappa shape index (κ2) is 8.35. The quantitative estimate of drug-likeness (QED) is 0.759. The normalized spacial score (nSPS) is 16.8. The molecular formula is C17H22N4O3S. The summed E-state index contributed by atoms with van der Waals surface area (Å²) < 4.78 is 12.6. The fourth-order valence-corrected chi connectivity index (χ4v) is 3.51. The minimum Gasteiger partial charge on any atom is -0.497 e. The van der Waals surface area contributed by atoms with Gasteiger partial charge < -0.3 is 14.8 Å². The Labute approximate surface area is 151 Å². The van der Waals surface area contributed by atoms with Crippen LogP contribution in [0.2, 0.25) is 0 Å². The summed E-state index contributed by atoms with van der Waals surface area (Å²) in [6.45, 7) is 3.25. The van der Waals surface area contributed by atoms with Crippen LogP contribution < -0.4 is 10.1 Å². The number of thioether (sulfide) groups is 1. The van der Waals surface area contributed by atoms with Crippen LogP contribution in [-0.2, 0) is 9.53 Å². The standard InChI is InChI=1S/C17H22N4O3S/c1-12-19-20-17(21(12)13-5-7-14(23-2)8-6-13)25-11-16(22)18-10-15-4-3-9-24-15/h5-8,15H,3-4,9-11H2,1-2H3,(H,18,22)/t15-/m1/s1. The predicted molar refractivity (Wildman–Crippen MR) is 95.4 cm³/mol. The van der Waals surface area contributed by atoms with Gasteiger partial charge in [-0.05, 0) is 44.0 Å². The van der Waals surface area contributed by atoms with E-state index in [1.165, 1.54) is 11.8 Å². The largest absolute Gasteiger partial charge is 0.497 e. The van der Waals surface area contributed by atoms with Gasteiger partial charge in [-0.25, -0.2) is 0 Å². The van der Waals surface area contributed by atoms with Crippen LogP contribution in [0.1, 0.15) is 18.7 Å². The summed E-state index contributed by atoms with van der Waals surface area (Å²) in [5, 5.41) is 11.9. The van der Waals surface area contributed by atoms with Crippen molar-refractivity contribution in [3.8, 4) is 11.4 Å². The second-order valence-electron chi connectivity index (χ2n) is 5.79. The molecule has 134 valence electrons. The number of nitrogens with one attached hydrogen (secondary N) is 1. The zero-order chi connectivity index (χ0) is 17.6. The summed E-state index contributed by atoms with van der Waals surface area (Å²) in [5.41, 5.74) is 0.936. The van der Waals surface area contributed by atoms with Crippen molar-refractivity contribution in [1.29, 1.82) is 0 Å². The lowest BCUT2D eigenvalue weighted by Gasteiger charge is -2.11. The summed E-state index contributed by atoms with van der Waals surface area (Å²) in [6.07, 6.45) is 2.23. The fourth-order valence-electron chi connectivity index (χ4n) is 2.68. The lowest BCUT2D eigenvalue weighted by Crippen LogP contribution is -2.32. The number of aromatic nitrogens is 3. The Morgan fingerprint density at radius 2 is 2.20 bits per heavy atom. The maximum atomic E-state index is 12.0. The third kappa shape index (κ3) is 4.52. The Balaban J connectivity index is 1.59. The first-order chi connectivity index (χ1) is 12.2. The summed E-state index contributed by atoms with van der Waals surface area (Å²) in [7, 11) is 1.63. The SMILES string of the molecule is COc1ccc(-n2c(C)nnc2SCC(=O)NC[C@H]2CCCO2)cc1. The average molecular weight is 362 g/mol. The monoisotopic (exact) mass is 362 g/mol.